The van der Waals surface area contributed by atoms with Crippen LogP contribution in [-0.4, -0.2) is 29.4 Å². The highest BCUT2D eigenvalue weighted by atomic mass is 16.6. The number of rotatable bonds is 5. The largest absolute Gasteiger partial charge is 0.472 e. The fraction of sp³-hybridized carbons (Fsp3) is 0.467. The molecule has 1 aliphatic carbocycles. The van der Waals surface area contributed by atoms with E-state index < -0.39 is 17.0 Å². The van der Waals surface area contributed by atoms with Crippen molar-refractivity contribution >= 4 is 17.4 Å². The highest BCUT2D eigenvalue weighted by Crippen LogP contribution is 2.37. The van der Waals surface area contributed by atoms with Crippen LogP contribution in [0.15, 0.2) is 12.1 Å². The number of nitro benzene ring substituents is 1. The van der Waals surface area contributed by atoms with Gasteiger partial charge in [0.25, 0.3) is 0 Å². The first-order valence-electron chi connectivity index (χ1n) is 7.08. The Hall–Kier alpha value is -2.44. The minimum absolute atomic E-state index is 0.0265. The molecule has 0 spiro atoms. The highest BCUT2D eigenvalue weighted by molar-refractivity contribution is 5.84. The molecule has 1 atom stereocenters. The maximum absolute atomic E-state index is 11.6. The second-order valence-electron chi connectivity index (χ2n) is 5.03. The highest BCUT2D eigenvalue weighted by Gasteiger charge is 2.30. The van der Waals surface area contributed by atoms with E-state index in [4.69, 9.17) is 9.47 Å². The van der Waals surface area contributed by atoms with Crippen molar-refractivity contribution in [2.24, 2.45) is 0 Å². The van der Waals surface area contributed by atoms with Crippen LogP contribution in [0.1, 0.15) is 31.4 Å². The molecule has 0 aromatic heterocycles. The Bertz CT molecular complexity index is 625. The number of hydrogen-bond donors (Lipinski definition) is 0. The second-order valence-corrected chi connectivity index (χ2v) is 5.03. The van der Waals surface area contributed by atoms with Gasteiger partial charge in [0.1, 0.15) is 5.78 Å². The molecular weight excluding hydrogens is 290 g/mol. The molecule has 0 amide bonds. The molecule has 22 heavy (non-hydrogen) atoms. The van der Waals surface area contributed by atoms with Crippen LogP contribution in [0.3, 0.4) is 0 Å². The van der Waals surface area contributed by atoms with Gasteiger partial charge in [-0.3, -0.25) is 14.9 Å². The summed E-state index contributed by atoms with van der Waals surface area (Å²) < 4.78 is 10.2. The summed E-state index contributed by atoms with van der Waals surface area (Å²) >= 11 is 0. The van der Waals surface area contributed by atoms with Crippen LogP contribution >= 0.6 is 0 Å². The van der Waals surface area contributed by atoms with Crippen molar-refractivity contribution in [2.75, 3.05) is 6.61 Å². The van der Waals surface area contributed by atoms with Gasteiger partial charge >= 0.3 is 11.7 Å². The normalized spacial score (nSPS) is 14.9. The van der Waals surface area contributed by atoms with Crippen molar-refractivity contribution < 1.29 is 24.0 Å². The molecule has 0 bridgehead atoms. The molecule has 1 unspecified atom stereocenters. The van der Waals surface area contributed by atoms with Gasteiger partial charge in [0.05, 0.1) is 11.5 Å². The molecule has 1 aliphatic rings. The molecule has 0 fully saturated rings. The van der Waals surface area contributed by atoms with Gasteiger partial charge in [-0.2, -0.15) is 0 Å². The predicted octanol–water partition coefficient (Wildman–Crippen LogP) is 1.98. The summed E-state index contributed by atoms with van der Waals surface area (Å²) in [6.07, 6.45) is -0.147. The first-order chi connectivity index (χ1) is 10.4. The van der Waals surface area contributed by atoms with Crippen molar-refractivity contribution in [3.8, 4) is 5.75 Å². The molecule has 7 nitrogen and oxygen atoms in total. The van der Waals surface area contributed by atoms with Gasteiger partial charge in [0, 0.05) is 18.4 Å². The summed E-state index contributed by atoms with van der Waals surface area (Å²) in [5, 5.41) is 11.4. The number of fused-ring (bicyclic) bond motifs is 1. The standard InChI is InChI=1S/C15H17NO6/c1-3-21-15(18)9(2)22-13-7-4-10-8-11(17)5-6-12(10)14(13)16(19)20/h4,7,9H,3,5-6,8H2,1-2H3. The Morgan fingerprint density at radius 1 is 1.41 bits per heavy atom. The average Bonchev–Trinajstić information content (AvgIpc) is 2.46. The van der Waals surface area contributed by atoms with Crippen molar-refractivity contribution in [1.29, 1.82) is 0 Å². The molecule has 118 valence electrons. The summed E-state index contributed by atoms with van der Waals surface area (Å²) in [5.74, 6) is -0.487. The molecule has 0 radical (unpaired) electrons. The minimum atomic E-state index is -0.943. The maximum Gasteiger partial charge on any atom is 0.347 e. The van der Waals surface area contributed by atoms with Gasteiger partial charge in [-0.25, -0.2) is 4.79 Å². The lowest BCUT2D eigenvalue weighted by Gasteiger charge is -2.18. The van der Waals surface area contributed by atoms with Gasteiger partial charge in [-0.05, 0) is 31.9 Å². The predicted molar refractivity (Wildman–Crippen MR) is 76.9 cm³/mol. The van der Waals surface area contributed by atoms with E-state index in [2.05, 4.69) is 0 Å². The minimum Gasteiger partial charge on any atom is -0.472 e. The first kappa shape index (κ1) is 15.9. The molecule has 0 saturated heterocycles. The van der Waals surface area contributed by atoms with Gasteiger partial charge in [0.2, 0.25) is 0 Å². The van der Waals surface area contributed by atoms with E-state index in [1.54, 1.807) is 13.0 Å². The third-order valence-corrected chi connectivity index (χ3v) is 3.49. The Balaban J connectivity index is 2.34. The number of carbonyl (C=O) groups excluding carboxylic acids is 2. The topological polar surface area (TPSA) is 95.7 Å². The molecule has 0 heterocycles. The maximum atomic E-state index is 11.6. The van der Waals surface area contributed by atoms with Crippen LogP contribution in [0, 0.1) is 10.1 Å². The van der Waals surface area contributed by atoms with E-state index in [0.29, 0.717) is 17.5 Å². The zero-order chi connectivity index (χ0) is 16.3. The number of ether oxygens (including phenoxy) is 2. The third-order valence-electron chi connectivity index (χ3n) is 3.49. The van der Waals surface area contributed by atoms with E-state index in [1.807, 2.05) is 0 Å². The Morgan fingerprint density at radius 2 is 2.14 bits per heavy atom. The van der Waals surface area contributed by atoms with Crippen LogP contribution in [0.25, 0.3) is 0 Å². The first-order valence-corrected chi connectivity index (χ1v) is 7.08. The summed E-state index contributed by atoms with van der Waals surface area (Å²) in [7, 11) is 0. The summed E-state index contributed by atoms with van der Waals surface area (Å²) in [6.45, 7) is 3.36. The van der Waals surface area contributed by atoms with Crippen molar-refractivity contribution in [2.45, 2.75) is 39.2 Å². The molecule has 1 aromatic rings. The zero-order valence-corrected chi connectivity index (χ0v) is 12.5. The quantitative estimate of drug-likeness (QED) is 0.469. The number of carbonyl (C=O) groups is 2. The van der Waals surface area contributed by atoms with Crippen LogP contribution < -0.4 is 4.74 Å². The fourth-order valence-electron chi connectivity index (χ4n) is 2.46. The SMILES string of the molecule is CCOC(=O)C(C)Oc1ccc2c(c1[N+](=O)[O-])CCC(=O)C2. The summed E-state index contributed by atoms with van der Waals surface area (Å²) in [5.41, 5.74) is 0.999. The summed E-state index contributed by atoms with van der Waals surface area (Å²) in [4.78, 5) is 33.9. The van der Waals surface area contributed by atoms with E-state index in [0.717, 1.165) is 0 Å². The molecule has 2 rings (SSSR count). The Kier molecular flexibility index (Phi) is 4.75. The molecule has 1 aromatic carbocycles. The van der Waals surface area contributed by atoms with Crippen molar-refractivity contribution in [3.63, 3.8) is 0 Å². The number of hydrogen-bond acceptors (Lipinski definition) is 6. The zero-order valence-electron chi connectivity index (χ0n) is 12.5. The lowest BCUT2D eigenvalue weighted by molar-refractivity contribution is -0.386. The smallest absolute Gasteiger partial charge is 0.347 e. The van der Waals surface area contributed by atoms with Gasteiger partial charge in [0.15, 0.2) is 11.9 Å². The Labute approximate surface area is 127 Å². The van der Waals surface area contributed by atoms with E-state index in [-0.39, 0.29) is 36.7 Å². The Morgan fingerprint density at radius 3 is 2.77 bits per heavy atom. The van der Waals surface area contributed by atoms with Crippen LogP contribution in [0.2, 0.25) is 0 Å². The molecule has 0 N–H and O–H groups in total. The van der Waals surface area contributed by atoms with E-state index in [9.17, 15) is 19.7 Å². The van der Waals surface area contributed by atoms with Gasteiger partial charge < -0.3 is 9.47 Å². The lowest BCUT2D eigenvalue weighted by atomic mass is 9.89. The lowest BCUT2D eigenvalue weighted by Crippen LogP contribution is -2.26. The average molecular weight is 307 g/mol. The van der Waals surface area contributed by atoms with Gasteiger partial charge in [-0.1, -0.05) is 6.07 Å². The molecular formula is C15H17NO6. The fourth-order valence-corrected chi connectivity index (χ4v) is 2.46. The monoisotopic (exact) mass is 307 g/mol. The van der Waals surface area contributed by atoms with E-state index >= 15 is 0 Å². The third kappa shape index (κ3) is 3.24. The molecule has 7 heteroatoms. The number of Topliss-reactive ketones (excluding diaryl/α,β-unsaturated/α-hetero) is 1. The number of nitrogens with zero attached hydrogens (tertiary/aromatic N) is 1. The van der Waals surface area contributed by atoms with E-state index in [1.165, 1.54) is 13.0 Å². The van der Waals surface area contributed by atoms with Crippen LogP contribution in [-0.2, 0) is 27.2 Å². The molecule has 0 aliphatic heterocycles. The van der Waals surface area contributed by atoms with Gasteiger partial charge in [-0.15, -0.1) is 0 Å². The molecule has 0 saturated carbocycles. The summed E-state index contributed by atoms with van der Waals surface area (Å²) in [6, 6.07) is 3.08. The number of benzene rings is 1. The van der Waals surface area contributed by atoms with Crippen molar-refractivity contribution in [1.82, 2.24) is 0 Å². The number of ketones is 1. The number of nitro groups is 1. The second kappa shape index (κ2) is 6.55. The van der Waals surface area contributed by atoms with Crippen molar-refractivity contribution in [3.05, 3.63) is 33.4 Å². The van der Waals surface area contributed by atoms with Crippen LogP contribution in [0.4, 0.5) is 5.69 Å². The number of esters is 1. The van der Waals surface area contributed by atoms with Crippen LogP contribution in [0.5, 0.6) is 5.75 Å².